The van der Waals surface area contributed by atoms with Gasteiger partial charge in [0.15, 0.2) is 0 Å². The predicted octanol–water partition coefficient (Wildman–Crippen LogP) is 12.3. The summed E-state index contributed by atoms with van der Waals surface area (Å²) in [5, 5.41) is 23.6. The molecule has 4 aliphatic carbocycles. The average Bonchev–Trinajstić information content (AvgIpc) is 3.46. The number of carbonyl (C=O) groups excluding carboxylic acids is 1. The molecule has 0 heterocycles. The number of fused-ring (bicyclic) bond motifs is 5. The van der Waals surface area contributed by atoms with E-state index < -0.39 is 18.2 Å². The fourth-order valence-corrected chi connectivity index (χ4v) is 11.9. The van der Waals surface area contributed by atoms with E-state index in [0.717, 1.165) is 67.6 Å². The van der Waals surface area contributed by atoms with Gasteiger partial charge in [0.2, 0.25) is 0 Å². The Kier molecular flexibility index (Phi) is 17.7. The molecular weight excluding hydrogens is 631 g/mol. The Morgan fingerprint density at radius 2 is 1.47 bits per heavy atom. The van der Waals surface area contributed by atoms with Crippen LogP contribution in [0.25, 0.3) is 0 Å². The number of aliphatic hydroxyl groups is 2. The van der Waals surface area contributed by atoms with Crippen molar-refractivity contribution in [2.75, 3.05) is 6.61 Å². The van der Waals surface area contributed by atoms with Crippen molar-refractivity contribution in [2.24, 2.45) is 46.3 Å². The minimum Gasteiger partial charge on any atom is -0.446 e. The molecule has 0 saturated heterocycles. The lowest BCUT2D eigenvalue weighted by molar-refractivity contribution is -0.0584. The van der Waals surface area contributed by atoms with E-state index in [9.17, 15) is 15.0 Å². The number of hydrogen-bond donors (Lipinski definition) is 3. The molecule has 0 radical (unpaired) electrons. The van der Waals surface area contributed by atoms with E-state index in [2.05, 4.69) is 52.9 Å². The maximum Gasteiger partial charge on any atom is 0.407 e. The summed E-state index contributed by atoms with van der Waals surface area (Å²) in [6, 6.07) is -0.678. The van der Waals surface area contributed by atoms with Crippen molar-refractivity contribution in [1.82, 2.24) is 5.32 Å². The van der Waals surface area contributed by atoms with Crippen molar-refractivity contribution >= 4 is 6.09 Å². The van der Waals surface area contributed by atoms with Crippen LogP contribution in [0.3, 0.4) is 0 Å². The molecule has 296 valence electrons. The molecule has 4 aliphatic rings. The van der Waals surface area contributed by atoms with Gasteiger partial charge in [0.1, 0.15) is 6.10 Å². The van der Waals surface area contributed by atoms with Crippen molar-refractivity contribution in [3.63, 3.8) is 0 Å². The Balaban J connectivity index is 1.15. The van der Waals surface area contributed by atoms with Gasteiger partial charge in [-0.1, -0.05) is 156 Å². The third kappa shape index (κ3) is 11.7. The lowest BCUT2D eigenvalue weighted by Crippen LogP contribution is -2.51. The Morgan fingerprint density at radius 1 is 0.824 bits per heavy atom. The first-order valence-electron chi connectivity index (χ1n) is 22.5. The number of hydrogen-bond acceptors (Lipinski definition) is 4. The zero-order valence-corrected chi connectivity index (χ0v) is 34.4. The van der Waals surface area contributed by atoms with Crippen molar-refractivity contribution in [3.05, 3.63) is 11.6 Å². The summed E-state index contributed by atoms with van der Waals surface area (Å²) >= 11 is 0. The molecule has 10 atom stereocenters. The molecule has 0 bridgehead atoms. The van der Waals surface area contributed by atoms with Crippen molar-refractivity contribution < 1.29 is 19.7 Å². The minimum atomic E-state index is -0.752. The second kappa shape index (κ2) is 21.1. The Labute approximate surface area is 315 Å². The van der Waals surface area contributed by atoms with Crippen molar-refractivity contribution in [3.8, 4) is 0 Å². The zero-order chi connectivity index (χ0) is 36.9. The van der Waals surface area contributed by atoms with E-state index in [4.69, 9.17) is 4.74 Å². The number of carbonyl (C=O) groups is 1. The van der Waals surface area contributed by atoms with E-state index >= 15 is 0 Å². The van der Waals surface area contributed by atoms with Gasteiger partial charge in [0, 0.05) is 6.42 Å². The largest absolute Gasteiger partial charge is 0.446 e. The number of allylic oxidation sites excluding steroid dienone is 1. The van der Waals surface area contributed by atoms with E-state index in [0.29, 0.717) is 11.8 Å². The summed E-state index contributed by atoms with van der Waals surface area (Å²) in [5.41, 5.74) is 2.24. The van der Waals surface area contributed by atoms with Crippen LogP contribution in [0.15, 0.2) is 11.6 Å². The molecule has 0 aromatic carbocycles. The van der Waals surface area contributed by atoms with Gasteiger partial charge < -0.3 is 20.3 Å². The molecule has 3 fully saturated rings. The number of ether oxygens (including phenoxy) is 1. The molecule has 5 nitrogen and oxygen atoms in total. The summed E-state index contributed by atoms with van der Waals surface area (Å²) < 4.78 is 5.99. The van der Waals surface area contributed by atoms with Gasteiger partial charge in [0.05, 0.1) is 18.8 Å². The quantitative estimate of drug-likeness (QED) is 0.0727. The van der Waals surface area contributed by atoms with Gasteiger partial charge >= 0.3 is 6.09 Å². The lowest BCUT2D eigenvalue weighted by atomic mass is 9.47. The van der Waals surface area contributed by atoms with E-state index in [1.807, 2.05) is 0 Å². The van der Waals surface area contributed by atoms with E-state index in [1.165, 1.54) is 128 Å². The lowest BCUT2D eigenvalue weighted by Gasteiger charge is -2.58. The highest BCUT2D eigenvalue weighted by molar-refractivity contribution is 5.68. The number of nitrogens with one attached hydrogen (secondary N) is 1. The van der Waals surface area contributed by atoms with Crippen LogP contribution in [0.2, 0.25) is 0 Å². The molecule has 0 aromatic rings. The standard InChI is InChI=1S/C46H83NO4/c1-7-8-9-10-11-12-13-14-15-16-17-18-19-23-43(49)42(33-48)47-44(50)51-37-28-30-45(5)36(32-37)24-25-38-40-27-26-39(35(4)22-20-21-34(2)3)46(40,6)31-29-41(38)45/h24,34-35,37-43,48-49H,7-23,25-33H2,1-6H3,(H,47,50)/t35-,37+,38+,39-,40+,41+,42?,43?,45+,46-/m1/s1. The second-order valence-corrected chi connectivity index (χ2v) is 19.1. The van der Waals surface area contributed by atoms with Crippen molar-refractivity contribution in [2.45, 2.75) is 220 Å². The minimum absolute atomic E-state index is 0.130. The average molecular weight is 714 g/mol. The fourth-order valence-electron chi connectivity index (χ4n) is 11.9. The third-order valence-corrected chi connectivity index (χ3v) is 15.1. The summed E-state index contributed by atoms with van der Waals surface area (Å²) in [7, 11) is 0. The number of rotatable bonds is 23. The van der Waals surface area contributed by atoms with E-state index in [-0.39, 0.29) is 18.1 Å². The first kappa shape index (κ1) is 42.7. The molecular formula is C46H83NO4. The molecule has 0 spiro atoms. The van der Waals surface area contributed by atoms with E-state index in [1.54, 1.807) is 0 Å². The third-order valence-electron chi connectivity index (χ3n) is 15.1. The van der Waals surface area contributed by atoms with Crippen LogP contribution in [-0.4, -0.2) is 41.2 Å². The summed E-state index contributed by atoms with van der Waals surface area (Å²) in [4.78, 5) is 13.0. The smallest absolute Gasteiger partial charge is 0.407 e. The highest BCUT2D eigenvalue weighted by Crippen LogP contribution is 2.67. The Hall–Kier alpha value is -1.07. The fraction of sp³-hybridized carbons (Fsp3) is 0.935. The van der Waals surface area contributed by atoms with Crippen LogP contribution >= 0.6 is 0 Å². The molecule has 0 aliphatic heterocycles. The van der Waals surface area contributed by atoms with Gasteiger partial charge in [-0.25, -0.2) is 4.79 Å². The summed E-state index contributed by atoms with van der Waals surface area (Å²) in [6.45, 7) is 14.5. The number of unbranched alkanes of at least 4 members (excludes halogenated alkanes) is 12. The summed E-state index contributed by atoms with van der Waals surface area (Å²) in [5.74, 6) is 4.93. The zero-order valence-electron chi connectivity index (χ0n) is 34.4. The first-order chi connectivity index (χ1) is 24.5. The van der Waals surface area contributed by atoms with Gasteiger partial charge in [-0.3, -0.25) is 0 Å². The van der Waals surface area contributed by atoms with Crippen LogP contribution in [0.4, 0.5) is 4.79 Å². The van der Waals surface area contributed by atoms with Gasteiger partial charge in [-0.05, 0) is 97.7 Å². The van der Waals surface area contributed by atoms with Crippen LogP contribution in [0.1, 0.15) is 202 Å². The van der Waals surface area contributed by atoms with Gasteiger partial charge in [-0.2, -0.15) is 0 Å². The predicted molar refractivity (Wildman–Crippen MR) is 214 cm³/mol. The molecule has 4 rings (SSSR count). The monoisotopic (exact) mass is 714 g/mol. The molecule has 51 heavy (non-hydrogen) atoms. The second-order valence-electron chi connectivity index (χ2n) is 19.1. The maximum absolute atomic E-state index is 13.0. The van der Waals surface area contributed by atoms with Gasteiger partial charge in [0.25, 0.3) is 0 Å². The molecule has 5 heteroatoms. The van der Waals surface area contributed by atoms with Crippen LogP contribution < -0.4 is 5.32 Å². The first-order valence-corrected chi connectivity index (χ1v) is 22.5. The topological polar surface area (TPSA) is 78.8 Å². The normalized spacial score (nSPS) is 32.0. The molecule has 3 N–H and O–H groups in total. The molecule has 3 saturated carbocycles. The summed E-state index contributed by atoms with van der Waals surface area (Å²) in [6.07, 6.45) is 32.2. The Bertz CT molecular complexity index is 1040. The van der Waals surface area contributed by atoms with Crippen LogP contribution in [0.5, 0.6) is 0 Å². The SMILES string of the molecule is CCCCCCCCCCCCCCCC(O)C(CO)NC(=O)O[C@H]1CC[C@@]2(C)C(=CC[C@H]3[C@@H]4CC[C@H]([C@H](C)CCCC(C)C)[C@@]4(C)CC[C@@H]32)C1. The highest BCUT2D eigenvalue weighted by Gasteiger charge is 2.59. The molecule has 1 amide bonds. The van der Waals surface area contributed by atoms with Gasteiger partial charge in [-0.15, -0.1) is 0 Å². The highest BCUT2D eigenvalue weighted by atomic mass is 16.6. The number of alkyl carbamates (subject to hydrolysis) is 1. The molecule has 0 aromatic heterocycles. The van der Waals surface area contributed by atoms with Crippen LogP contribution in [-0.2, 0) is 4.74 Å². The van der Waals surface area contributed by atoms with Crippen molar-refractivity contribution in [1.29, 1.82) is 0 Å². The van der Waals surface area contributed by atoms with Crippen LogP contribution in [0, 0.1) is 46.3 Å². The number of aliphatic hydroxyl groups excluding tert-OH is 2. The molecule has 2 unspecified atom stereocenters. The Morgan fingerprint density at radius 3 is 2.10 bits per heavy atom. The maximum atomic E-state index is 13.0. The number of amides is 1.